The second kappa shape index (κ2) is 11.5. The van der Waals surface area contributed by atoms with Crippen molar-refractivity contribution >= 4 is 22.5 Å². The minimum atomic E-state index is -0.747. The number of ether oxygens (including phenoxy) is 1. The molecule has 1 aliphatic carbocycles. The van der Waals surface area contributed by atoms with E-state index in [1.54, 1.807) is 20.0 Å². The number of benzene rings is 1. The van der Waals surface area contributed by atoms with Crippen LogP contribution in [-0.2, 0) is 0 Å². The number of rotatable bonds is 9. The molecule has 7 heteroatoms. The average Bonchev–Trinajstić information content (AvgIpc) is 3.37. The van der Waals surface area contributed by atoms with Gasteiger partial charge in [0.2, 0.25) is 0 Å². The molecule has 5 rings (SSSR count). The summed E-state index contributed by atoms with van der Waals surface area (Å²) < 4.78 is 19.8. The summed E-state index contributed by atoms with van der Waals surface area (Å²) in [5, 5.41) is 0.961. The largest absolute Gasteiger partial charge is 0.455 e. The summed E-state index contributed by atoms with van der Waals surface area (Å²) in [4.78, 5) is 24.8. The second-order valence-corrected chi connectivity index (χ2v) is 12.1. The fraction of sp³-hybridized carbons (Fsp3) is 0.500. The maximum Gasteiger partial charge on any atom is 0.163 e. The molecule has 2 aromatic heterocycles. The van der Waals surface area contributed by atoms with Crippen molar-refractivity contribution in [2.24, 2.45) is 5.41 Å². The number of fused-ring (bicyclic) bond motifs is 1. The SMILES string of the molecule is CC(=O)c1ccc(N2CCN(CC3=C(CCC(C)F)CC(C)(C)CC3)CC2)cc1Oc1cnc2[nH]ccc2c1. The Bertz CT molecular complexity index is 1350. The van der Waals surface area contributed by atoms with E-state index in [2.05, 4.69) is 33.6 Å². The highest BCUT2D eigenvalue weighted by Gasteiger charge is 2.29. The van der Waals surface area contributed by atoms with E-state index >= 15 is 0 Å². The lowest BCUT2D eigenvalue weighted by molar-refractivity contribution is 0.101. The van der Waals surface area contributed by atoms with Crippen LogP contribution in [0.2, 0.25) is 0 Å². The van der Waals surface area contributed by atoms with Gasteiger partial charge >= 0.3 is 0 Å². The quantitative estimate of drug-likeness (QED) is 0.231. The van der Waals surface area contributed by atoms with Crippen molar-refractivity contribution in [1.29, 1.82) is 0 Å². The third-order valence-electron chi connectivity index (χ3n) is 8.24. The first-order valence-electron chi connectivity index (χ1n) is 14.2. The van der Waals surface area contributed by atoms with Gasteiger partial charge in [-0.15, -0.1) is 0 Å². The van der Waals surface area contributed by atoms with Gasteiger partial charge in [0.05, 0.1) is 17.9 Å². The van der Waals surface area contributed by atoms with E-state index in [9.17, 15) is 9.18 Å². The van der Waals surface area contributed by atoms with E-state index in [-0.39, 0.29) is 5.78 Å². The third-order valence-corrected chi connectivity index (χ3v) is 8.24. The molecule has 208 valence electrons. The van der Waals surface area contributed by atoms with Crippen LogP contribution in [0.4, 0.5) is 10.1 Å². The molecule has 39 heavy (non-hydrogen) atoms. The van der Waals surface area contributed by atoms with E-state index in [1.807, 2.05) is 36.5 Å². The van der Waals surface area contributed by atoms with Gasteiger partial charge in [0, 0.05) is 56.1 Å². The van der Waals surface area contributed by atoms with Gasteiger partial charge in [-0.1, -0.05) is 25.0 Å². The second-order valence-electron chi connectivity index (χ2n) is 12.1. The van der Waals surface area contributed by atoms with Gasteiger partial charge in [-0.05, 0) is 75.6 Å². The van der Waals surface area contributed by atoms with E-state index in [0.717, 1.165) is 68.7 Å². The summed E-state index contributed by atoms with van der Waals surface area (Å²) in [6, 6.07) is 9.75. The number of carbonyl (C=O) groups excluding carboxylic acids is 1. The smallest absolute Gasteiger partial charge is 0.163 e. The number of aromatic amines is 1. The zero-order chi connectivity index (χ0) is 27.6. The number of hydrogen-bond donors (Lipinski definition) is 1. The first-order chi connectivity index (χ1) is 18.7. The zero-order valence-electron chi connectivity index (χ0n) is 23.7. The Labute approximate surface area is 231 Å². The van der Waals surface area contributed by atoms with Gasteiger partial charge in [-0.2, -0.15) is 0 Å². The normalized spacial score (nSPS) is 18.9. The number of H-pyrrole nitrogens is 1. The van der Waals surface area contributed by atoms with Crippen LogP contribution in [0, 0.1) is 5.41 Å². The average molecular weight is 533 g/mol. The number of aromatic nitrogens is 2. The van der Waals surface area contributed by atoms with Gasteiger partial charge in [0.15, 0.2) is 5.78 Å². The van der Waals surface area contributed by atoms with Crippen molar-refractivity contribution in [3.05, 3.63) is 59.4 Å². The fourth-order valence-electron chi connectivity index (χ4n) is 5.91. The van der Waals surface area contributed by atoms with Crippen molar-refractivity contribution in [2.75, 3.05) is 37.6 Å². The molecule has 6 nitrogen and oxygen atoms in total. The molecule has 1 fully saturated rings. The molecule has 2 aliphatic rings. The predicted molar refractivity (Wildman–Crippen MR) is 156 cm³/mol. The molecule has 0 saturated carbocycles. The van der Waals surface area contributed by atoms with Gasteiger partial charge in [0.1, 0.15) is 17.1 Å². The number of anilines is 1. The Hall–Kier alpha value is -3.19. The van der Waals surface area contributed by atoms with Gasteiger partial charge in [-0.3, -0.25) is 9.69 Å². The van der Waals surface area contributed by atoms with Crippen LogP contribution >= 0.6 is 0 Å². The van der Waals surface area contributed by atoms with Crippen LogP contribution in [0.3, 0.4) is 0 Å². The van der Waals surface area contributed by atoms with Crippen molar-refractivity contribution in [2.45, 2.75) is 66.0 Å². The Kier molecular flexibility index (Phi) is 8.08. The molecular formula is C32H41FN4O2. The van der Waals surface area contributed by atoms with Crippen LogP contribution in [0.25, 0.3) is 11.0 Å². The number of ketones is 1. The highest BCUT2D eigenvalue weighted by Crippen LogP contribution is 2.41. The summed E-state index contributed by atoms with van der Waals surface area (Å²) in [5.74, 6) is 1.13. The lowest BCUT2D eigenvalue weighted by atomic mass is 9.73. The molecule has 3 aromatic rings. The summed E-state index contributed by atoms with van der Waals surface area (Å²) in [7, 11) is 0. The molecule has 0 bridgehead atoms. The molecule has 0 radical (unpaired) electrons. The van der Waals surface area contributed by atoms with Crippen LogP contribution in [-0.4, -0.2) is 59.5 Å². The standard InChI is InChI=1S/C32H41FN4O2/c1-22(33)5-6-25-19-32(3,4)11-9-26(25)21-36-13-15-37(16-14-36)27-7-8-29(23(2)38)30(18-27)39-28-17-24-10-12-34-31(24)35-20-28/h7-8,10,12,17-18,20,22H,5-6,9,11,13-16,19,21H2,1-4H3,(H,34,35). The summed E-state index contributed by atoms with van der Waals surface area (Å²) in [5.41, 5.74) is 5.77. The number of Topliss-reactive ketones (excluding diaryl/α,β-unsaturated/α-hetero) is 1. The summed E-state index contributed by atoms with van der Waals surface area (Å²) in [6.07, 6.45) is 7.70. The van der Waals surface area contributed by atoms with Gasteiger partial charge in [-0.25, -0.2) is 9.37 Å². The topological polar surface area (TPSA) is 61.5 Å². The number of pyridine rings is 1. The highest BCUT2D eigenvalue weighted by molar-refractivity contribution is 5.97. The van der Waals surface area contributed by atoms with Crippen molar-refractivity contribution in [1.82, 2.24) is 14.9 Å². The number of piperazine rings is 1. The number of carbonyl (C=O) groups is 1. The van der Waals surface area contributed by atoms with Crippen LogP contribution in [0.5, 0.6) is 11.5 Å². The lowest BCUT2D eigenvalue weighted by Crippen LogP contribution is -2.47. The predicted octanol–water partition coefficient (Wildman–Crippen LogP) is 7.32. The molecule has 1 aliphatic heterocycles. The highest BCUT2D eigenvalue weighted by atomic mass is 19.1. The maximum atomic E-state index is 13.6. The maximum absolute atomic E-state index is 13.6. The molecular weight excluding hydrogens is 491 g/mol. The number of allylic oxidation sites excluding steroid dienone is 1. The number of hydrogen-bond acceptors (Lipinski definition) is 5. The van der Waals surface area contributed by atoms with Crippen molar-refractivity contribution in [3.63, 3.8) is 0 Å². The fourth-order valence-corrected chi connectivity index (χ4v) is 5.91. The first-order valence-corrected chi connectivity index (χ1v) is 14.2. The molecule has 0 spiro atoms. The molecule has 1 aromatic carbocycles. The third kappa shape index (κ3) is 6.70. The number of nitrogens with zero attached hydrogens (tertiary/aromatic N) is 3. The molecule has 1 N–H and O–H groups in total. The Morgan fingerprint density at radius 1 is 1.15 bits per heavy atom. The minimum Gasteiger partial charge on any atom is -0.455 e. The molecule has 0 amide bonds. The van der Waals surface area contributed by atoms with E-state index in [0.29, 0.717) is 28.9 Å². The molecule has 1 saturated heterocycles. The van der Waals surface area contributed by atoms with E-state index < -0.39 is 6.17 Å². The monoisotopic (exact) mass is 532 g/mol. The van der Waals surface area contributed by atoms with Crippen LogP contribution in [0.1, 0.15) is 70.2 Å². The van der Waals surface area contributed by atoms with Crippen molar-refractivity contribution in [3.8, 4) is 11.5 Å². The molecule has 1 unspecified atom stereocenters. The molecule has 3 heterocycles. The number of alkyl halides is 1. The van der Waals surface area contributed by atoms with Crippen LogP contribution in [0.15, 0.2) is 53.9 Å². The zero-order valence-corrected chi connectivity index (χ0v) is 23.7. The van der Waals surface area contributed by atoms with Crippen LogP contribution < -0.4 is 9.64 Å². The van der Waals surface area contributed by atoms with E-state index in [4.69, 9.17) is 4.74 Å². The Balaban J connectivity index is 1.26. The Morgan fingerprint density at radius 2 is 1.95 bits per heavy atom. The number of halogens is 1. The molecule has 1 atom stereocenters. The van der Waals surface area contributed by atoms with Gasteiger partial charge < -0.3 is 14.6 Å². The summed E-state index contributed by atoms with van der Waals surface area (Å²) >= 11 is 0. The summed E-state index contributed by atoms with van der Waals surface area (Å²) in [6.45, 7) is 12.7. The van der Waals surface area contributed by atoms with Crippen molar-refractivity contribution < 1.29 is 13.9 Å². The van der Waals surface area contributed by atoms with E-state index in [1.165, 1.54) is 17.6 Å². The number of nitrogens with one attached hydrogen (secondary N) is 1. The first kappa shape index (κ1) is 27.4. The Morgan fingerprint density at radius 3 is 2.69 bits per heavy atom. The van der Waals surface area contributed by atoms with Gasteiger partial charge in [0.25, 0.3) is 0 Å². The minimum absolute atomic E-state index is 0.0288. The lowest BCUT2D eigenvalue weighted by Gasteiger charge is -2.39.